The van der Waals surface area contributed by atoms with Crippen LogP contribution in [-0.4, -0.2) is 44.4 Å². The highest BCUT2D eigenvalue weighted by molar-refractivity contribution is 7.15. The molecule has 2 aromatic rings. The van der Waals surface area contributed by atoms with E-state index in [1.807, 2.05) is 6.92 Å². The molecule has 1 fully saturated rings. The van der Waals surface area contributed by atoms with Gasteiger partial charge < -0.3 is 10.1 Å². The molecule has 7 nitrogen and oxygen atoms in total. The van der Waals surface area contributed by atoms with Gasteiger partial charge in [-0.15, -0.1) is 0 Å². The second-order valence-corrected chi connectivity index (χ2v) is 7.25. The third-order valence-electron chi connectivity index (χ3n) is 3.99. The molecule has 0 radical (unpaired) electrons. The zero-order valence-electron chi connectivity index (χ0n) is 14.3. The number of carbonyl (C=O) groups excluding carboxylic acids is 1. The van der Waals surface area contributed by atoms with Gasteiger partial charge >= 0.3 is 0 Å². The number of aryl methyl sites for hydroxylation is 1. The number of halogens is 1. The maximum Gasteiger partial charge on any atom is 0.232 e. The Morgan fingerprint density at radius 2 is 2.28 bits per heavy atom. The Morgan fingerprint density at radius 1 is 1.48 bits per heavy atom. The number of amides is 1. The lowest BCUT2D eigenvalue weighted by atomic mass is 10.2. The maximum atomic E-state index is 14.0. The van der Waals surface area contributed by atoms with Crippen LogP contribution >= 0.6 is 11.3 Å². The fourth-order valence-corrected chi connectivity index (χ4v) is 3.70. The Bertz CT molecular complexity index is 751. The number of anilines is 1. The normalized spacial score (nSPS) is 20.6. The number of nitrogens with one attached hydrogen (secondary N) is 1. The fourth-order valence-electron chi connectivity index (χ4n) is 2.78. The van der Waals surface area contributed by atoms with Gasteiger partial charge in [-0.25, -0.2) is 4.98 Å². The molecule has 0 saturated carbocycles. The largest absolute Gasteiger partial charge is 0.472 e. The van der Waals surface area contributed by atoms with Crippen LogP contribution in [0.4, 0.5) is 9.52 Å². The zero-order valence-corrected chi connectivity index (χ0v) is 15.1. The van der Waals surface area contributed by atoms with E-state index < -0.39 is 5.95 Å². The van der Waals surface area contributed by atoms with Crippen molar-refractivity contribution < 1.29 is 13.9 Å². The molecule has 134 valence electrons. The molecular weight excluding hydrogens is 345 g/mol. The van der Waals surface area contributed by atoms with Gasteiger partial charge in [-0.05, 0) is 13.8 Å². The Kier molecular flexibility index (Phi) is 5.24. The van der Waals surface area contributed by atoms with Gasteiger partial charge in [-0.3, -0.25) is 14.7 Å². The molecule has 25 heavy (non-hydrogen) atoms. The van der Waals surface area contributed by atoms with Crippen LogP contribution < -0.4 is 10.1 Å². The standard InChI is InChI=1S/C16H20FN5O2S/c1-9-5-19-14(6-18-9)24-12-4-10(2)22(7-12)8-13-15(17)21-16(25-13)20-11(3)23/h5-6,10,12H,4,7-8H2,1-3H3,(H,20,21,23)/t10-,12+/m0/s1. The molecular formula is C16H20FN5O2S. The van der Waals surface area contributed by atoms with Crippen LogP contribution in [0.2, 0.25) is 0 Å². The molecule has 1 aliphatic rings. The zero-order chi connectivity index (χ0) is 18.0. The molecule has 1 aliphatic heterocycles. The minimum atomic E-state index is -0.533. The van der Waals surface area contributed by atoms with E-state index in [2.05, 4.69) is 32.1 Å². The molecule has 9 heteroatoms. The monoisotopic (exact) mass is 365 g/mol. The first-order chi connectivity index (χ1) is 11.9. The third-order valence-corrected chi connectivity index (χ3v) is 4.92. The number of ether oxygens (including phenoxy) is 1. The van der Waals surface area contributed by atoms with Crippen molar-refractivity contribution in [3.8, 4) is 5.88 Å². The molecule has 3 heterocycles. The highest BCUT2D eigenvalue weighted by Crippen LogP contribution is 2.28. The smallest absolute Gasteiger partial charge is 0.232 e. The molecule has 0 spiro atoms. The Labute approximate surface area is 149 Å². The van der Waals surface area contributed by atoms with Crippen molar-refractivity contribution in [2.45, 2.75) is 45.9 Å². The predicted molar refractivity (Wildman–Crippen MR) is 92.0 cm³/mol. The third kappa shape index (κ3) is 4.49. The summed E-state index contributed by atoms with van der Waals surface area (Å²) in [7, 11) is 0. The summed E-state index contributed by atoms with van der Waals surface area (Å²) in [5.41, 5.74) is 0.837. The number of hydrogen-bond acceptors (Lipinski definition) is 7. The predicted octanol–water partition coefficient (Wildman–Crippen LogP) is 2.38. The van der Waals surface area contributed by atoms with Gasteiger partial charge in [0.2, 0.25) is 17.7 Å². The van der Waals surface area contributed by atoms with Crippen LogP contribution in [0.3, 0.4) is 0 Å². The van der Waals surface area contributed by atoms with Crippen molar-refractivity contribution >= 4 is 22.4 Å². The van der Waals surface area contributed by atoms with E-state index in [1.165, 1.54) is 6.92 Å². The minimum Gasteiger partial charge on any atom is -0.472 e. The maximum absolute atomic E-state index is 14.0. The lowest BCUT2D eigenvalue weighted by molar-refractivity contribution is -0.114. The van der Waals surface area contributed by atoms with E-state index in [0.29, 0.717) is 23.8 Å². The van der Waals surface area contributed by atoms with Crippen LogP contribution in [0, 0.1) is 12.9 Å². The van der Waals surface area contributed by atoms with E-state index in [1.54, 1.807) is 12.4 Å². The second-order valence-electron chi connectivity index (χ2n) is 6.16. The summed E-state index contributed by atoms with van der Waals surface area (Å²) in [4.78, 5) is 25.8. The first-order valence-corrected chi connectivity index (χ1v) is 8.84. The van der Waals surface area contributed by atoms with Crippen molar-refractivity contribution in [2.75, 3.05) is 11.9 Å². The molecule has 1 amide bonds. The average molecular weight is 365 g/mol. The van der Waals surface area contributed by atoms with Crippen LogP contribution in [0.5, 0.6) is 5.88 Å². The molecule has 1 N–H and O–H groups in total. The molecule has 2 aromatic heterocycles. The van der Waals surface area contributed by atoms with Gasteiger partial charge in [0, 0.05) is 32.5 Å². The van der Waals surface area contributed by atoms with E-state index in [0.717, 1.165) is 23.5 Å². The SMILES string of the molecule is CC(=O)Nc1nc(F)c(CN2C[C@H](Oc3cnc(C)cn3)C[C@@H]2C)s1. The fraction of sp³-hybridized carbons (Fsp3) is 0.500. The molecule has 0 bridgehead atoms. The Morgan fingerprint density at radius 3 is 2.96 bits per heavy atom. The van der Waals surface area contributed by atoms with E-state index in [4.69, 9.17) is 4.74 Å². The topological polar surface area (TPSA) is 80.2 Å². The van der Waals surface area contributed by atoms with Crippen LogP contribution in [-0.2, 0) is 11.3 Å². The van der Waals surface area contributed by atoms with Gasteiger partial charge in [0.05, 0.1) is 23.0 Å². The number of carbonyl (C=O) groups is 1. The van der Waals surface area contributed by atoms with Crippen LogP contribution in [0.25, 0.3) is 0 Å². The molecule has 1 saturated heterocycles. The summed E-state index contributed by atoms with van der Waals surface area (Å²) >= 11 is 1.16. The van der Waals surface area contributed by atoms with Gasteiger partial charge in [0.1, 0.15) is 6.10 Å². The molecule has 0 unspecified atom stereocenters. The lowest BCUT2D eigenvalue weighted by Gasteiger charge is -2.19. The quantitative estimate of drug-likeness (QED) is 0.876. The summed E-state index contributed by atoms with van der Waals surface area (Å²) in [6.07, 6.45) is 4.10. The van der Waals surface area contributed by atoms with Gasteiger partial charge in [-0.2, -0.15) is 9.37 Å². The van der Waals surface area contributed by atoms with Crippen molar-refractivity contribution in [3.63, 3.8) is 0 Å². The Hall–Kier alpha value is -2.13. The molecule has 0 aromatic carbocycles. The van der Waals surface area contributed by atoms with E-state index in [9.17, 15) is 9.18 Å². The van der Waals surface area contributed by atoms with Crippen molar-refractivity contribution in [1.82, 2.24) is 19.9 Å². The number of aromatic nitrogens is 3. The number of hydrogen-bond donors (Lipinski definition) is 1. The highest BCUT2D eigenvalue weighted by atomic mass is 32.1. The number of rotatable bonds is 5. The summed E-state index contributed by atoms with van der Waals surface area (Å²) in [5.74, 6) is -0.293. The van der Waals surface area contributed by atoms with Crippen LogP contribution in [0.1, 0.15) is 30.8 Å². The lowest BCUT2D eigenvalue weighted by Crippen LogP contribution is -2.28. The van der Waals surface area contributed by atoms with Crippen molar-refractivity contribution in [2.24, 2.45) is 0 Å². The van der Waals surface area contributed by atoms with Crippen molar-refractivity contribution in [3.05, 3.63) is 28.9 Å². The van der Waals surface area contributed by atoms with Crippen molar-refractivity contribution in [1.29, 1.82) is 0 Å². The van der Waals surface area contributed by atoms with Gasteiger partial charge in [0.25, 0.3) is 0 Å². The highest BCUT2D eigenvalue weighted by Gasteiger charge is 2.32. The molecule has 3 rings (SSSR count). The summed E-state index contributed by atoms with van der Waals surface area (Å²) in [5, 5.41) is 2.80. The number of thiazole rings is 1. The number of nitrogens with zero attached hydrogens (tertiary/aromatic N) is 4. The first kappa shape index (κ1) is 17.7. The van der Waals surface area contributed by atoms with Gasteiger partial charge in [0.15, 0.2) is 5.13 Å². The van der Waals surface area contributed by atoms with Gasteiger partial charge in [-0.1, -0.05) is 11.3 Å². The first-order valence-electron chi connectivity index (χ1n) is 8.03. The number of likely N-dealkylation sites (tertiary alicyclic amines) is 1. The summed E-state index contributed by atoms with van der Waals surface area (Å²) < 4.78 is 19.9. The Balaban J connectivity index is 1.61. The van der Waals surface area contributed by atoms with E-state index >= 15 is 0 Å². The minimum absolute atomic E-state index is 0.0159. The van der Waals surface area contributed by atoms with Crippen LogP contribution in [0.15, 0.2) is 12.4 Å². The van der Waals surface area contributed by atoms with E-state index in [-0.39, 0.29) is 23.2 Å². The molecule has 0 aliphatic carbocycles. The average Bonchev–Trinajstić information content (AvgIpc) is 3.04. The molecule has 2 atom stereocenters. The summed E-state index contributed by atoms with van der Waals surface area (Å²) in [6, 6.07) is 0.245. The second kappa shape index (κ2) is 7.40. The summed E-state index contributed by atoms with van der Waals surface area (Å²) in [6.45, 7) is 6.43.